The van der Waals surface area contributed by atoms with Crippen LogP contribution in [-0.4, -0.2) is 45.3 Å². The lowest BCUT2D eigenvalue weighted by molar-refractivity contribution is -0.119. The third-order valence-electron chi connectivity index (χ3n) is 4.56. The number of hydrogen-bond donors (Lipinski definition) is 1. The van der Waals surface area contributed by atoms with Gasteiger partial charge in [0.2, 0.25) is 10.0 Å². The Labute approximate surface area is 171 Å². The zero-order chi connectivity index (χ0) is 21.6. The molecule has 1 amide bonds. The van der Waals surface area contributed by atoms with Crippen molar-refractivity contribution in [2.45, 2.75) is 31.1 Å². The first kappa shape index (κ1) is 22.6. The Kier molecular flexibility index (Phi) is 7.53. The summed E-state index contributed by atoms with van der Waals surface area (Å²) in [7, 11) is -0.865. The molecule has 8 heteroatoms. The highest BCUT2D eigenvalue weighted by Gasteiger charge is 2.20. The first-order valence-electron chi connectivity index (χ1n) is 9.25. The number of rotatable bonds is 8. The molecule has 0 aliphatic heterocycles. The average molecular weight is 419 g/mol. The fourth-order valence-corrected chi connectivity index (χ4v) is 3.60. The molecule has 0 fully saturated rings. The second kappa shape index (κ2) is 9.67. The van der Waals surface area contributed by atoms with Crippen LogP contribution in [0.3, 0.4) is 0 Å². The van der Waals surface area contributed by atoms with E-state index >= 15 is 0 Å². The van der Waals surface area contributed by atoms with E-state index in [1.165, 1.54) is 38.4 Å². The number of sulfonamides is 1. The van der Waals surface area contributed by atoms with E-state index in [-0.39, 0.29) is 16.4 Å². The molecule has 7 nitrogen and oxygen atoms in total. The number of nitrogens with one attached hydrogen (secondary N) is 1. The maximum atomic E-state index is 12.3. The summed E-state index contributed by atoms with van der Waals surface area (Å²) < 4.78 is 30.5. The number of benzene rings is 2. The maximum absolute atomic E-state index is 12.3. The van der Waals surface area contributed by atoms with Crippen molar-refractivity contribution in [1.82, 2.24) is 4.31 Å². The van der Waals surface area contributed by atoms with Crippen molar-refractivity contribution < 1.29 is 22.7 Å². The standard InChI is InChI=1S/C21H26N2O5S/c1-5-15(2)18-11-6-7-12-19(18)22-20(24)14-28-21(25)16-9-8-10-17(13-16)29(26,27)23(3)4/h6-13,15H,5,14H2,1-4H3,(H,22,24)/t15-/m1/s1. The Balaban J connectivity index is 2.04. The van der Waals surface area contributed by atoms with Crippen molar-refractivity contribution in [2.75, 3.05) is 26.0 Å². The van der Waals surface area contributed by atoms with Crippen molar-refractivity contribution >= 4 is 27.6 Å². The maximum Gasteiger partial charge on any atom is 0.338 e. The lowest BCUT2D eigenvalue weighted by Gasteiger charge is -2.15. The van der Waals surface area contributed by atoms with E-state index in [0.717, 1.165) is 16.3 Å². The molecular weight excluding hydrogens is 392 g/mol. The van der Waals surface area contributed by atoms with E-state index in [4.69, 9.17) is 4.74 Å². The van der Waals surface area contributed by atoms with Crippen LogP contribution in [0.1, 0.15) is 42.1 Å². The Bertz CT molecular complexity index is 986. The number of esters is 1. The van der Waals surface area contributed by atoms with E-state index < -0.39 is 28.5 Å². The zero-order valence-electron chi connectivity index (χ0n) is 17.0. The van der Waals surface area contributed by atoms with E-state index in [0.29, 0.717) is 5.69 Å². The van der Waals surface area contributed by atoms with Crippen LogP contribution in [0.2, 0.25) is 0 Å². The SMILES string of the molecule is CC[C@@H](C)c1ccccc1NC(=O)COC(=O)c1cccc(S(=O)(=O)N(C)C)c1. The van der Waals surface area contributed by atoms with Gasteiger partial charge in [-0.2, -0.15) is 0 Å². The van der Waals surface area contributed by atoms with Gasteiger partial charge in [-0.05, 0) is 42.2 Å². The summed E-state index contributed by atoms with van der Waals surface area (Å²) in [6.45, 7) is 3.66. The highest BCUT2D eigenvalue weighted by Crippen LogP contribution is 2.26. The van der Waals surface area contributed by atoms with Crippen molar-refractivity contribution in [2.24, 2.45) is 0 Å². The number of nitrogens with zero attached hydrogens (tertiary/aromatic N) is 1. The molecule has 0 saturated heterocycles. The van der Waals surface area contributed by atoms with Crippen molar-refractivity contribution in [1.29, 1.82) is 0 Å². The molecular formula is C21H26N2O5S. The van der Waals surface area contributed by atoms with Crippen LogP contribution in [-0.2, 0) is 19.6 Å². The van der Waals surface area contributed by atoms with Crippen LogP contribution in [0.15, 0.2) is 53.4 Å². The second-order valence-corrected chi connectivity index (χ2v) is 8.99. The van der Waals surface area contributed by atoms with E-state index in [9.17, 15) is 18.0 Å². The van der Waals surface area contributed by atoms with Crippen molar-refractivity contribution in [3.63, 3.8) is 0 Å². The molecule has 0 unspecified atom stereocenters. The lowest BCUT2D eigenvalue weighted by atomic mass is 9.97. The summed E-state index contributed by atoms with van der Waals surface area (Å²) >= 11 is 0. The number of para-hydroxylation sites is 1. The van der Waals surface area contributed by atoms with Gasteiger partial charge in [0, 0.05) is 19.8 Å². The van der Waals surface area contributed by atoms with Crippen LogP contribution in [0, 0.1) is 0 Å². The van der Waals surface area contributed by atoms with Crippen molar-refractivity contribution in [3.8, 4) is 0 Å². The average Bonchev–Trinajstić information content (AvgIpc) is 2.71. The molecule has 2 rings (SSSR count). The number of carbonyl (C=O) groups excluding carboxylic acids is 2. The summed E-state index contributed by atoms with van der Waals surface area (Å²) in [5.41, 5.74) is 1.75. The lowest BCUT2D eigenvalue weighted by Crippen LogP contribution is -2.23. The molecule has 1 N–H and O–H groups in total. The summed E-state index contributed by atoms with van der Waals surface area (Å²) in [6.07, 6.45) is 0.925. The number of ether oxygens (including phenoxy) is 1. The number of anilines is 1. The number of carbonyl (C=O) groups is 2. The normalized spacial score (nSPS) is 12.4. The number of hydrogen-bond acceptors (Lipinski definition) is 5. The van der Waals surface area contributed by atoms with Crippen LogP contribution in [0.4, 0.5) is 5.69 Å². The summed E-state index contributed by atoms with van der Waals surface area (Å²) in [4.78, 5) is 24.5. The molecule has 0 aromatic heterocycles. The quantitative estimate of drug-likeness (QED) is 0.665. The van der Waals surface area contributed by atoms with Gasteiger partial charge in [-0.25, -0.2) is 17.5 Å². The molecule has 0 heterocycles. The largest absolute Gasteiger partial charge is 0.452 e. The van der Waals surface area contributed by atoms with Gasteiger partial charge < -0.3 is 10.1 Å². The Morgan fingerprint density at radius 3 is 2.45 bits per heavy atom. The van der Waals surface area contributed by atoms with E-state index in [1.807, 2.05) is 18.2 Å². The first-order valence-corrected chi connectivity index (χ1v) is 10.7. The third-order valence-corrected chi connectivity index (χ3v) is 6.37. The Morgan fingerprint density at radius 2 is 1.79 bits per heavy atom. The zero-order valence-corrected chi connectivity index (χ0v) is 17.8. The third kappa shape index (κ3) is 5.65. The molecule has 29 heavy (non-hydrogen) atoms. The minimum atomic E-state index is -3.67. The van der Waals surface area contributed by atoms with Crippen LogP contribution >= 0.6 is 0 Å². The molecule has 2 aromatic rings. The summed E-state index contributed by atoms with van der Waals surface area (Å²) in [5, 5.41) is 2.76. The Hall–Kier alpha value is -2.71. The molecule has 1 atom stereocenters. The van der Waals surface area contributed by atoms with Gasteiger partial charge in [-0.1, -0.05) is 38.1 Å². The summed E-state index contributed by atoms with van der Waals surface area (Å²) in [5.74, 6) is -0.965. The van der Waals surface area contributed by atoms with Gasteiger partial charge in [-0.15, -0.1) is 0 Å². The van der Waals surface area contributed by atoms with Gasteiger partial charge >= 0.3 is 5.97 Å². The van der Waals surface area contributed by atoms with Crippen LogP contribution in [0.25, 0.3) is 0 Å². The minimum absolute atomic E-state index is 0.0242. The molecule has 0 radical (unpaired) electrons. The molecule has 0 aliphatic carbocycles. The minimum Gasteiger partial charge on any atom is -0.452 e. The molecule has 2 aromatic carbocycles. The smallest absolute Gasteiger partial charge is 0.338 e. The number of amides is 1. The fraction of sp³-hybridized carbons (Fsp3) is 0.333. The van der Waals surface area contributed by atoms with Gasteiger partial charge in [0.05, 0.1) is 10.5 Å². The first-order chi connectivity index (χ1) is 13.7. The van der Waals surface area contributed by atoms with Gasteiger partial charge in [0.25, 0.3) is 5.91 Å². The predicted molar refractivity (Wildman–Crippen MR) is 111 cm³/mol. The molecule has 0 bridgehead atoms. The highest BCUT2D eigenvalue weighted by molar-refractivity contribution is 7.89. The van der Waals surface area contributed by atoms with E-state index in [1.54, 1.807) is 6.07 Å². The van der Waals surface area contributed by atoms with Crippen LogP contribution in [0.5, 0.6) is 0 Å². The van der Waals surface area contributed by atoms with Gasteiger partial charge in [-0.3, -0.25) is 4.79 Å². The van der Waals surface area contributed by atoms with Gasteiger partial charge in [0.15, 0.2) is 6.61 Å². The van der Waals surface area contributed by atoms with Gasteiger partial charge in [0.1, 0.15) is 0 Å². The predicted octanol–water partition coefficient (Wildman–Crippen LogP) is 3.25. The van der Waals surface area contributed by atoms with E-state index in [2.05, 4.69) is 19.2 Å². The molecule has 0 aliphatic rings. The van der Waals surface area contributed by atoms with Crippen LogP contribution < -0.4 is 5.32 Å². The van der Waals surface area contributed by atoms with Crippen molar-refractivity contribution in [3.05, 3.63) is 59.7 Å². The fourth-order valence-electron chi connectivity index (χ4n) is 2.66. The Morgan fingerprint density at radius 1 is 1.10 bits per heavy atom. The summed E-state index contributed by atoms with van der Waals surface area (Å²) in [6, 6.07) is 13.0. The molecule has 156 valence electrons. The monoisotopic (exact) mass is 418 g/mol. The highest BCUT2D eigenvalue weighted by atomic mass is 32.2. The molecule has 0 spiro atoms. The topological polar surface area (TPSA) is 92.8 Å². The second-order valence-electron chi connectivity index (χ2n) is 6.84. The molecule has 0 saturated carbocycles.